The molecule has 1 aromatic heterocycles. The average Bonchev–Trinajstić information content (AvgIpc) is 2.99. The zero-order valence-electron chi connectivity index (χ0n) is 11.4. The molecular formula is C14H13N3O4S. The lowest BCUT2D eigenvalue weighted by atomic mass is 10.3. The third kappa shape index (κ3) is 3.10. The summed E-state index contributed by atoms with van der Waals surface area (Å²) in [5, 5.41) is 17.6. The molecule has 0 aliphatic rings. The summed E-state index contributed by atoms with van der Waals surface area (Å²) in [6, 6.07) is 11.3. The number of H-pyrrole nitrogens is 1. The van der Waals surface area contributed by atoms with E-state index in [1.54, 1.807) is 30.3 Å². The van der Waals surface area contributed by atoms with Crippen LogP contribution in [-0.2, 0) is 10.0 Å². The maximum Gasteiger partial charge on any atom is 0.352 e. The number of nitrogens with one attached hydrogen (secondary N) is 1. The summed E-state index contributed by atoms with van der Waals surface area (Å²) < 4.78 is 26.4. The van der Waals surface area contributed by atoms with Crippen LogP contribution in [0.4, 0.5) is 5.69 Å². The molecular weight excluding hydrogens is 306 g/mol. The van der Waals surface area contributed by atoms with Gasteiger partial charge in [-0.25, -0.2) is 13.2 Å². The minimum Gasteiger partial charge on any atom is -0.477 e. The number of hydrogen-bond acceptors (Lipinski definition) is 4. The van der Waals surface area contributed by atoms with E-state index < -0.39 is 16.0 Å². The highest BCUT2D eigenvalue weighted by atomic mass is 32.2. The first-order valence-corrected chi connectivity index (χ1v) is 7.77. The average molecular weight is 319 g/mol. The second kappa shape index (κ2) is 6.32. The number of hydrogen-bond donors (Lipinski definition) is 2. The van der Waals surface area contributed by atoms with Gasteiger partial charge in [-0.2, -0.15) is 5.26 Å². The molecule has 0 unspecified atom stereocenters. The van der Waals surface area contributed by atoms with Gasteiger partial charge in [0.2, 0.25) is 0 Å². The van der Waals surface area contributed by atoms with Crippen molar-refractivity contribution in [2.24, 2.45) is 0 Å². The minimum atomic E-state index is -3.95. The number of nitrogens with zero attached hydrogens (tertiary/aromatic N) is 2. The van der Waals surface area contributed by atoms with Gasteiger partial charge in [0.15, 0.2) is 0 Å². The number of aromatic amines is 1. The SMILES string of the molecule is N#CCCN(c1ccccc1)S(=O)(=O)c1c[nH]c(C(=O)O)c1. The largest absolute Gasteiger partial charge is 0.477 e. The van der Waals surface area contributed by atoms with Crippen molar-refractivity contribution in [1.29, 1.82) is 5.26 Å². The highest BCUT2D eigenvalue weighted by Gasteiger charge is 2.26. The molecule has 0 amide bonds. The molecule has 1 aromatic carbocycles. The number of carbonyl (C=O) groups is 1. The molecule has 0 saturated heterocycles. The molecule has 0 bridgehead atoms. The van der Waals surface area contributed by atoms with Crippen molar-refractivity contribution in [3.05, 3.63) is 48.3 Å². The Hall–Kier alpha value is -2.79. The van der Waals surface area contributed by atoms with Crippen LogP contribution in [0.5, 0.6) is 0 Å². The predicted octanol–water partition coefficient (Wildman–Crippen LogP) is 1.82. The molecule has 0 aliphatic heterocycles. The maximum absolute atomic E-state index is 12.7. The molecule has 0 spiro atoms. The predicted molar refractivity (Wildman–Crippen MR) is 79.0 cm³/mol. The zero-order valence-corrected chi connectivity index (χ0v) is 12.2. The molecule has 1 heterocycles. The first-order chi connectivity index (χ1) is 10.5. The Labute approximate surface area is 127 Å². The Morgan fingerprint density at radius 2 is 2.00 bits per heavy atom. The highest BCUT2D eigenvalue weighted by Crippen LogP contribution is 2.24. The molecule has 22 heavy (non-hydrogen) atoms. The van der Waals surface area contributed by atoms with Gasteiger partial charge in [0.1, 0.15) is 10.6 Å². The van der Waals surface area contributed by atoms with E-state index in [0.29, 0.717) is 5.69 Å². The van der Waals surface area contributed by atoms with Gasteiger partial charge in [0, 0.05) is 12.7 Å². The van der Waals surface area contributed by atoms with Crippen LogP contribution in [0.2, 0.25) is 0 Å². The second-order valence-electron chi connectivity index (χ2n) is 4.38. The van der Waals surface area contributed by atoms with Crippen LogP contribution in [0.25, 0.3) is 0 Å². The molecule has 0 fully saturated rings. The molecule has 0 radical (unpaired) electrons. The van der Waals surface area contributed by atoms with Crippen LogP contribution in [0.3, 0.4) is 0 Å². The number of carboxylic acid groups (broad SMARTS) is 1. The Morgan fingerprint density at radius 1 is 1.32 bits per heavy atom. The topological polar surface area (TPSA) is 114 Å². The van der Waals surface area contributed by atoms with E-state index in [1.807, 2.05) is 6.07 Å². The van der Waals surface area contributed by atoms with Crippen LogP contribution in [0, 0.1) is 11.3 Å². The van der Waals surface area contributed by atoms with E-state index in [4.69, 9.17) is 10.4 Å². The van der Waals surface area contributed by atoms with Crippen molar-refractivity contribution in [2.45, 2.75) is 11.3 Å². The van der Waals surface area contributed by atoms with E-state index in [9.17, 15) is 13.2 Å². The lowest BCUT2D eigenvalue weighted by Gasteiger charge is -2.22. The molecule has 0 atom stereocenters. The van der Waals surface area contributed by atoms with E-state index >= 15 is 0 Å². The summed E-state index contributed by atoms with van der Waals surface area (Å²) in [4.78, 5) is 13.1. The van der Waals surface area contributed by atoms with E-state index in [-0.39, 0.29) is 23.6 Å². The number of benzene rings is 1. The first-order valence-electron chi connectivity index (χ1n) is 6.33. The van der Waals surface area contributed by atoms with Crippen molar-refractivity contribution in [3.8, 4) is 6.07 Å². The van der Waals surface area contributed by atoms with E-state index in [1.165, 1.54) is 0 Å². The molecule has 0 aliphatic carbocycles. The summed E-state index contributed by atoms with van der Waals surface area (Å²) in [5.74, 6) is -1.25. The monoisotopic (exact) mass is 319 g/mol. The fourth-order valence-electron chi connectivity index (χ4n) is 1.91. The van der Waals surface area contributed by atoms with Gasteiger partial charge in [-0.3, -0.25) is 4.31 Å². The normalized spacial score (nSPS) is 10.9. The number of nitriles is 1. The third-order valence-corrected chi connectivity index (χ3v) is 4.75. The Balaban J connectivity index is 2.44. The number of carboxylic acids is 1. The maximum atomic E-state index is 12.7. The summed E-state index contributed by atoms with van der Waals surface area (Å²) in [6.07, 6.45) is 1.14. The quantitative estimate of drug-likeness (QED) is 0.843. The highest BCUT2D eigenvalue weighted by molar-refractivity contribution is 7.92. The van der Waals surface area contributed by atoms with Gasteiger partial charge in [-0.1, -0.05) is 18.2 Å². The van der Waals surface area contributed by atoms with Crippen LogP contribution in [0.15, 0.2) is 47.5 Å². The lowest BCUT2D eigenvalue weighted by molar-refractivity contribution is 0.0691. The van der Waals surface area contributed by atoms with Gasteiger partial charge in [0.05, 0.1) is 18.2 Å². The standard InChI is InChI=1S/C14H13N3O4S/c15-7-4-8-17(11-5-2-1-3-6-11)22(20,21)12-9-13(14(18)19)16-10-12/h1-3,5-6,9-10,16H,4,8H2,(H,18,19). The number of para-hydroxylation sites is 1. The number of anilines is 1. The Kier molecular flexibility index (Phi) is 4.48. The summed E-state index contributed by atoms with van der Waals surface area (Å²) in [6.45, 7) is -0.0174. The van der Waals surface area contributed by atoms with Crippen molar-refractivity contribution in [3.63, 3.8) is 0 Å². The van der Waals surface area contributed by atoms with Gasteiger partial charge in [0.25, 0.3) is 10.0 Å². The zero-order chi connectivity index (χ0) is 16.2. The van der Waals surface area contributed by atoms with Crippen molar-refractivity contribution in [1.82, 2.24) is 4.98 Å². The van der Waals surface area contributed by atoms with Crippen molar-refractivity contribution < 1.29 is 18.3 Å². The van der Waals surface area contributed by atoms with E-state index in [2.05, 4.69) is 4.98 Å². The molecule has 114 valence electrons. The fourth-order valence-corrected chi connectivity index (χ4v) is 3.37. The molecule has 2 N–H and O–H groups in total. The molecule has 8 heteroatoms. The summed E-state index contributed by atoms with van der Waals surface area (Å²) >= 11 is 0. The number of rotatable bonds is 6. The van der Waals surface area contributed by atoms with Crippen LogP contribution in [-0.4, -0.2) is 31.0 Å². The van der Waals surface area contributed by atoms with Gasteiger partial charge in [-0.15, -0.1) is 0 Å². The molecule has 2 rings (SSSR count). The summed E-state index contributed by atoms with van der Waals surface area (Å²) in [5.41, 5.74) is 0.197. The van der Waals surface area contributed by atoms with Gasteiger partial charge in [-0.05, 0) is 18.2 Å². The van der Waals surface area contributed by atoms with Crippen LogP contribution >= 0.6 is 0 Å². The number of sulfonamides is 1. The Bertz CT molecular complexity index is 806. The molecule has 2 aromatic rings. The third-order valence-electron chi connectivity index (χ3n) is 2.95. The smallest absolute Gasteiger partial charge is 0.352 e. The van der Waals surface area contributed by atoms with Crippen molar-refractivity contribution in [2.75, 3.05) is 10.8 Å². The van der Waals surface area contributed by atoms with Crippen LogP contribution < -0.4 is 4.31 Å². The van der Waals surface area contributed by atoms with Crippen LogP contribution in [0.1, 0.15) is 16.9 Å². The minimum absolute atomic E-state index is 0.0174. The molecule has 0 saturated carbocycles. The van der Waals surface area contributed by atoms with Gasteiger partial charge < -0.3 is 10.1 Å². The summed E-state index contributed by atoms with van der Waals surface area (Å²) in [7, 11) is -3.95. The lowest BCUT2D eigenvalue weighted by Crippen LogP contribution is -2.31. The first kappa shape index (κ1) is 15.6. The van der Waals surface area contributed by atoms with Gasteiger partial charge >= 0.3 is 5.97 Å². The van der Waals surface area contributed by atoms with E-state index in [0.717, 1.165) is 16.6 Å². The Morgan fingerprint density at radius 3 is 2.55 bits per heavy atom. The second-order valence-corrected chi connectivity index (χ2v) is 6.24. The number of aromatic carboxylic acids is 1. The van der Waals surface area contributed by atoms with Crippen molar-refractivity contribution >= 4 is 21.7 Å². The number of aromatic nitrogens is 1. The molecule has 7 nitrogen and oxygen atoms in total. The fraction of sp³-hybridized carbons (Fsp3) is 0.143.